The molecular weight excluding hydrogens is 306 g/mol. The third kappa shape index (κ3) is 3.33. The van der Waals surface area contributed by atoms with E-state index in [4.69, 9.17) is 10.4 Å². The van der Waals surface area contributed by atoms with Crippen LogP contribution in [-0.2, 0) is 11.3 Å². The van der Waals surface area contributed by atoms with Crippen LogP contribution in [0.15, 0.2) is 0 Å². The molecule has 126 valence electrons. The lowest BCUT2D eigenvalue weighted by molar-refractivity contribution is -0.492. The van der Waals surface area contributed by atoms with Crippen molar-refractivity contribution in [3.63, 3.8) is 0 Å². The van der Waals surface area contributed by atoms with Gasteiger partial charge in [-0.2, -0.15) is 5.06 Å². The second-order valence-electron chi connectivity index (χ2n) is 6.93. The highest BCUT2D eigenvalue weighted by atomic mass is 32.1. The van der Waals surface area contributed by atoms with Crippen molar-refractivity contribution in [1.82, 2.24) is 15.4 Å². The number of aromatic nitrogens is 1. The minimum Gasteiger partial charge on any atom is -0.313 e. The summed E-state index contributed by atoms with van der Waals surface area (Å²) in [6.07, 6.45) is 1.39. The Morgan fingerprint density at radius 1 is 1.36 bits per heavy atom. The number of thiazole rings is 1. The van der Waals surface area contributed by atoms with Gasteiger partial charge in [0, 0.05) is 22.8 Å². The summed E-state index contributed by atoms with van der Waals surface area (Å²) in [5.41, 5.74) is 0.260. The molecule has 0 bridgehead atoms. The molecule has 0 aromatic carbocycles. The van der Waals surface area contributed by atoms with Gasteiger partial charge < -0.3 is 5.21 Å². The van der Waals surface area contributed by atoms with Gasteiger partial charge >= 0.3 is 0 Å². The summed E-state index contributed by atoms with van der Waals surface area (Å²) >= 11 is 1.60. The zero-order valence-electron chi connectivity index (χ0n) is 13.7. The number of rotatable bonds is 5. The molecule has 2 heterocycles. The monoisotopic (exact) mass is 331 g/mol. The maximum Gasteiger partial charge on any atom is 0.0981 e. The molecule has 1 fully saturated rings. The van der Waals surface area contributed by atoms with Gasteiger partial charge in [0.2, 0.25) is 0 Å². The van der Waals surface area contributed by atoms with Gasteiger partial charge in [-0.1, -0.05) is 0 Å². The van der Waals surface area contributed by atoms with Gasteiger partial charge in [-0.15, -0.1) is 11.3 Å². The molecule has 8 heteroatoms. The summed E-state index contributed by atoms with van der Waals surface area (Å²) in [7, 11) is 0. The second-order valence-corrected chi connectivity index (χ2v) is 8.05. The van der Waals surface area contributed by atoms with E-state index in [9.17, 15) is 5.21 Å². The summed E-state index contributed by atoms with van der Waals surface area (Å²) in [4.78, 5) is 10.3. The van der Waals surface area contributed by atoms with Crippen LogP contribution in [0.5, 0.6) is 0 Å². The van der Waals surface area contributed by atoms with Gasteiger partial charge in [-0.05, 0) is 41.0 Å². The Morgan fingerprint density at radius 2 is 2.00 bits per heavy atom. The first-order chi connectivity index (χ1) is 10.1. The van der Waals surface area contributed by atoms with Crippen molar-refractivity contribution in [2.45, 2.75) is 64.5 Å². The van der Waals surface area contributed by atoms with Crippen molar-refractivity contribution in [1.29, 1.82) is 0 Å². The van der Waals surface area contributed by atoms with Crippen molar-refractivity contribution < 1.29 is 20.5 Å². The van der Waals surface area contributed by atoms with Crippen LogP contribution in [0.1, 0.15) is 55.6 Å². The van der Waals surface area contributed by atoms with Crippen molar-refractivity contribution in [3.05, 3.63) is 15.6 Å². The molecule has 1 aliphatic rings. The van der Waals surface area contributed by atoms with Crippen LogP contribution < -0.4 is 0 Å². The lowest BCUT2D eigenvalue weighted by Gasteiger charge is -2.35. The van der Waals surface area contributed by atoms with Gasteiger partial charge in [-0.25, -0.2) is 4.98 Å². The van der Waals surface area contributed by atoms with E-state index >= 15 is 0 Å². The zero-order chi connectivity index (χ0) is 16.7. The molecule has 1 aliphatic heterocycles. The average molecular weight is 331 g/mol. The van der Waals surface area contributed by atoms with E-state index in [1.807, 2.05) is 34.6 Å². The van der Waals surface area contributed by atoms with E-state index in [-0.39, 0.29) is 29.0 Å². The Kier molecular flexibility index (Phi) is 4.94. The molecule has 1 saturated heterocycles. The molecule has 2 rings (SSSR count). The lowest BCUT2D eigenvalue weighted by atomic mass is 9.87. The van der Waals surface area contributed by atoms with Crippen LogP contribution in [0.4, 0.5) is 0 Å². The largest absolute Gasteiger partial charge is 0.313 e. The average Bonchev–Trinajstić information content (AvgIpc) is 2.82. The number of aryl methyl sites for hydroxylation is 1. The van der Waals surface area contributed by atoms with E-state index in [0.717, 1.165) is 22.0 Å². The zero-order valence-corrected chi connectivity index (χ0v) is 14.5. The fraction of sp³-hybridized carbons (Fsp3) is 0.786. The Hall–Kier alpha value is -0.610. The number of hydrogen-bond acceptors (Lipinski definition) is 8. The quantitative estimate of drug-likeness (QED) is 0.715. The van der Waals surface area contributed by atoms with Crippen LogP contribution in [0, 0.1) is 6.92 Å². The smallest absolute Gasteiger partial charge is 0.0981 e. The fourth-order valence-electron chi connectivity index (χ4n) is 3.20. The molecule has 0 radical (unpaired) electrons. The van der Waals surface area contributed by atoms with Gasteiger partial charge in [-0.3, -0.25) is 15.3 Å². The predicted molar refractivity (Wildman–Crippen MR) is 81.1 cm³/mol. The van der Waals surface area contributed by atoms with E-state index in [0.29, 0.717) is 6.42 Å². The molecule has 1 aromatic heterocycles. The Morgan fingerprint density at radius 3 is 2.50 bits per heavy atom. The molecule has 22 heavy (non-hydrogen) atoms. The molecule has 0 aliphatic carbocycles. The predicted octanol–water partition coefficient (Wildman–Crippen LogP) is 2.74. The number of hydrogen-bond donors (Lipinski definition) is 3. The van der Waals surface area contributed by atoms with Gasteiger partial charge in [0.1, 0.15) is 0 Å². The first-order valence-corrected chi connectivity index (χ1v) is 8.13. The van der Waals surface area contributed by atoms with Gasteiger partial charge in [0.25, 0.3) is 0 Å². The molecule has 1 aromatic rings. The summed E-state index contributed by atoms with van der Waals surface area (Å²) < 4.78 is 0. The SMILES string of the molecule is Cc1nc(C2CC(C)(C)N(O)C2(C)C)sc1CCON(O)O. The fourth-order valence-corrected chi connectivity index (χ4v) is 4.53. The van der Waals surface area contributed by atoms with E-state index < -0.39 is 0 Å². The van der Waals surface area contributed by atoms with Crippen molar-refractivity contribution >= 4 is 11.3 Å². The van der Waals surface area contributed by atoms with Crippen LogP contribution in [0.2, 0.25) is 0 Å². The normalized spacial score (nSPS) is 24.3. The third-order valence-electron chi connectivity index (χ3n) is 4.42. The van der Waals surface area contributed by atoms with Crippen molar-refractivity contribution in [3.8, 4) is 0 Å². The summed E-state index contributed by atoms with van der Waals surface area (Å²) in [5.74, 6) is 0.151. The van der Waals surface area contributed by atoms with Crippen molar-refractivity contribution in [2.75, 3.05) is 6.61 Å². The Balaban J connectivity index is 2.17. The highest BCUT2D eigenvalue weighted by Crippen LogP contribution is 2.49. The summed E-state index contributed by atoms with van der Waals surface area (Å²) in [6, 6.07) is 0. The maximum absolute atomic E-state index is 10.4. The van der Waals surface area contributed by atoms with E-state index in [1.54, 1.807) is 11.3 Å². The molecule has 0 saturated carbocycles. The van der Waals surface area contributed by atoms with E-state index in [1.165, 1.54) is 5.06 Å². The molecule has 1 atom stereocenters. The highest BCUT2D eigenvalue weighted by Gasteiger charge is 2.52. The molecular formula is C14H25N3O4S. The van der Waals surface area contributed by atoms with E-state index in [2.05, 4.69) is 9.82 Å². The molecule has 3 N–H and O–H groups in total. The van der Waals surface area contributed by atoms with Gasteiger partial charge in [0.05, 0.1) is 28.2 Å². The van der Waals surface area contributed by atoms with Crippen LogP contribution in [0.3, 0.4) is 0 Å². The Labute approximate surface area is 134 Å². The molecule has 0 amide bonds. The number of nitrogens with zero attached hydrogens (tertiary/aromatic N) is 3. The lowest BCUT2D eigenvalue weighted by Crippen LogP contribution is -2.46. The molecule has 7 nitrogen and oxygen atoms in total. The maximum atomic E-state index is 10.4. The van der Waals surface area contributed by atoms with Crippen LogP contribution in [0.25, 0.3) is 0 Å². The Bertz CT molecular complexity index is 530. The standard InChI is InChI=1S/C14H25N3O4S/c1-9-11(6-7-21-17(19)20)22-12(15-9)10-8-13(2,3)16(18)14(10,4)5/h10,18-20H,6-8H2,1-5H3. The third-order valence-corrected chi connectivity index (χ3v) is 5.75. The topological polar surface area (TPSA) is 89.3 Å². The molecule has 0 spiro atoms. The first kappa shape index (κ1) is 17.7. The number of hydroxylamine groups is 2. The van der Waals surface area contributed by atoms with Crippen molar-refractivity contribution in [2.24, 2.45) is 0 Å². The minimum absolute atomic E-state index is 0.151. The van der Waals surface area contributed by atoms with Crippen LogP contribution in [-0.4, -0.2) is 48.7 Å². The summed E-state index contributed by atoms with van der Waals surface area (Å²) in [5, 5.41) is 29.7. The first-order valence-electron chi connectivity index (χ1n) is 7.32. The highest BCUT2D eigenvalue weighted by molar-refractivity contribution is 7.11. The molecule has 1 unspecified atom stereocenters. The van der Waals surface area contributed by atoms with Crippen LogP contribution >= 0.6 is 11.3 Å². The summed E-state index contributed by atoms with van der Waals surface area (Å²) in [6.45, 7) is 10.2. The second kappa shape index (κ2) is 6.12. The van der Waals surface area contributed by atoms with Gasteiger partial charge in [0.15, 0.2) is 0 Å². The minimum atomic E-state index is -0.380.